The Balaban J connectivity index is 2.89. The fraction of sp³-hybridized carbons (Fsp3) is 0.538. The lowest BCUT2D eigenvalue weighted by molar-refractivity contribution is 0.218. The SMILES string of the molecule is CCOc1ccccc1CP(=O)(OCC)OCC. The van der Waals surface area contributed by atoms with Crippen molar-refractivity contribution in [1.82, 2.24) is 0 Å². The molecule has 4 nitrogen and oxygen atoms in total. The van der Waals surface area contributed by atoms with Gasteiger partial charge in [0.25, 0.3) is 0 Å². The second-order valence-electron chi connectivity index (χ2n) is 3.65. The predicted octanol–water partition coefficient (Wildman–Crippen LogP) is 3.85. The topological polar surface area (TPSA) is 44.8 Å². The van der Waals surface area contributed by atoms with E-state index in [-0.39, 0.29) is 6.16 Å². The van der Waals surface area contributed by atoms with E-state index in [2.05, 4.69) is 0 Å². The quantitative estimate of drug-likeness (QED) is 0.674. The van der Waals surface area contributed by atoms with Crippen LogP contribution in [0, 0.1) is 0 Å². The monoisotopic (exact) mass is 272 g/mol. The molecule has 0 aliphatic heterocycles. The number of benzene rings is 1. The maximum Gasteiger partial charge on any atom is 0.335 e. The Hall–Kier alpha value is -0.830. The van der Waals surface area contributed by atoms with Gasteiger partial charge in [-0.2, -0.15) is 0 Å². The van der Waals surface area contributed by atoms with Gasteiger partial charge in [0.15, 0.2) is 0 Å². The van der Waals surface area contributed by atoms with Gasteiger partial charge >= 0.3 is 7.60 Å². The zero-order valence-corrected chi connectivity index (χ0v) is 12.1. The molecule has 102 valence electrons. The van der Waals surface area contributed by atoms with Crippen LogP contribution in [0.3, 0.4) is 0 Å². The van der Waals surface area contributed by atoms with Crippen LogP contribution < -0.4 is 4.74 Å². The summed E-state index contributed by atoms with van der Waals surface area (Å²) >= 11 is 0. The van der Waals surface area contributed by atoms with Crippen molar-refractivity contribution in [1.29, 1.82) is 0 Å². The van der Waals surface area contributed by atoms with Crippen LogP contribution in [0.2, 0.25) is 0 Å². The first-order chi connectivity index (χ1) is 8.65. The van der Waals surface area contributed by atoms with Crippen LogP contribution in [-0.4, -0.2) is 19.8 Å². The van der Waals surface area contributed by atoms with E-state index in [9.17, 15) is 4.57 Å². The summed E-state index contributed by atoms with van der Waals surface area (Å²) in [6, 6.07) is 7.53. The second-order valence-corrected chi connectivity index (χ2v) is 5.70. The molecule has 0 radical (unpaired) electrons. The predicted molar refractivity (Wildman–Crippen MR) is 72.2 cm³/mol. The summed E-state index contributed by atoms with van der Waals surface area (Å²) in [5.74, 6) is 0.736. The summed E-state index contributed by atoms with van der Waals surface area (Å²) in [5.41, 5.74) is 0.851. The first kappa shape index (κ1) is 15.2. The van der Waals surface area contributed by atoms with Gasteiger partial charge < -0.3 is 13.8 Å². The van der Waals surface area contributed by atoms with Gasteiger partial charge in [0, 0.05) is 5.56 Å². The Labute approximate surface area is 109 Å². The van der Waals surface area contributed by atoms with Crippen LogP contribution in [0.5, 0.6) is 5.75 Å². The average molecular weight is 272 g/mol. The Morgan fingerprint density at radius 3 is 2.17 bits per heavy atom. The van der Waals surface area contributed by atoms with Crippen molar-refractivity contribution in [3.05, 3.63) is 29.8 Å². The average Bonchev–Trinajstić information content (AvgIpc) is 2.32. The third-order valence-corrected chi connectivity index (χ3v) is 4.32. The van der Waals surface area contributed by atoms with E-state index < -0.39 is 7.60 Å². The van der Waals surface area contributed by atoms with Crippen LogP contribution in [-0.2, 0) is 19.8 Å². The molecule has 0 aliphatic carbocycles. The highest BCUT2D eigenvalue weighted by Gasteiger charge is 2.25. The fourth-order valence-corrected chi connectivity index (χ4v) is 3.38. The highest BCUT2D eigenvalue weighted by atomic mass is 31.2. The summed E-state index contributed by atoms with van der Waals surface area (Å²) in [6.07, 6.45) is 0.241. The van der Waals surface area contributed by atoms with E-state index in [1.165, 1.54) is 0 Å². The molecule has 18 heavy (non-hydrogen) atoms. The number of rotatable bonds is 8. The molecular weight excluding hydrogens is 251 g/mol. The molecule has 0 aliphatic rings. The first-order valence-corrected chi connectivity index (χ1v) is 7.96. The molecule has 0 unspecified atom stereocenters. The molecule has 0 N–H and O–H groups in total. The lowest BCUT2D eigenvalue weighted by Gasteiger charge is -2.18. The van der Waals surface area contributed by atoms with Crippen LogP contribution in [0.25, 0.3) is 0 Å². The molecule has 0 fully saturated rings. The minimum absolute atomic E-state index is 0.241. The largest absolute Gasteiger partial charge is 0.494 e. The van der Waals surface area contributed by atoms with E-state index in [1.54, 1.807) is 13.8 Å². The van der Waals surface area contributed by atoms with Gasteiger partial charge in [-0.1, -0.05) is 18.2 Å². The van der Waals surface area contributed by atoms with Crippen LogP contribution >= 0.6 is 7.60 Å². The normalized spacial score (nSPS) is 11.5. The van der Waals surface area contributed by atoms with E-state index in [1.807, 2.05) is 31.2 Å². The van der Waals surface area contributed by atoms with Crippen molar-refractivity contribution in [2.24, 2.45) is 0 Å². The highest BCUT2D eigenvalue weighted by molar-refractivity contribution is 7.53. The van der Waals surface area contributed by atoms with Crippen LogP contribution in [0.1, 0.15) is 26.3 Å². The Kier molecular flexibility index (Phi) is 6.41. The molecule has 0 bridgehead atoms. The number of ether oxygens (including phenoxy) is 1. The lowest BCUT2D eigenvalue weighted by Crippen LogP contribution is -2.01. The third kappa shape index (κ3) is 4.45. The van der Waals surface area contributed by atoms with Crippen molar-refractivity contribution in [2.45, 2.75) is 26.9 Å². The highest BCUT2D eigenvalue weighted by Crippen LogP contribution is 2.52. The van der Waals surface area contributed by atoms with Crippen molar-refractivity contribution < 1.29 is 18.3 Å². The van der Waals surface area contributed by atoms with Crippen LogP contribution in [0.15, 0.2) is 24.3 Å². The molecule has 1 aromatic rings. The lowest BCUT2D eigenvalue weighted by atomic mass is 10.2. The Bertz CT molecular complexity index is 396. The minimum atomic E-state index is -3.07. The first-order valence-electron chi connectivity index (χ1n) is 6.24. The molecule has 1 aromatic carbocycles. The maximum absolute atomic E-state index is 12.4. The standard InChI is InChI=1S/C13H21O4P/c1-4-15-13-10-8-7-9-12(13)11-18(14,16-5-2)17-6-3/h7-10H,4-6,11H2,1-3H3. The smallest absolute Gasteiger partial charge is 0.335 e. The van der Waals surface area contributed by atoms with Crippen molar-refractivity contribution in [2.75, 3.05) is 19.8 Å². The summed E-state index contributed by atoms with van der Waals surface area (Å²) in [4.78, 5) is 0. The summed E-state index contributed by atoms with van der Waals surface area (Å²) in [5, 5.41) is 0. The van der Waals surface area contributed by atoms with Crippen LogP contribution in [0.4, 0.5) is 0 Å². The molecule has 0 saturated heterocycles. The van der Waals surface area contributed by atoms with Gasteiger partial charge in [-0.15, -0.1) is 0 Å². The zero-order chi connectivity index (χ0) is 13.4. The van der Waals surface area contributed by atoms with Gasteiger partial charge in [0.2, 0.25) is 0 Å². The molecule has 0 spiro atoms. The zero-order valence-electron chi connectivity index (χ0n) is 11.2. The maximum atomic E-state index is 12.4. The van der Waals surface area contributed by atoms with Gasteiger partial charge in [0.1, 0.15) is 5.75 Å². The fourth-order valence-electron chi connectivity index (χ4n) is 1.66. The Morgan fingerprint density at radius 2 is 1.61 bits per heavy atom. The number of hydrogen-bond donors (Lipinski definition) is 0. The molecule has 0 atom stereocenters. The van der Waals surface area contributed by atoms with E-state index in [0.717, 1.165) is 11.3 Å². The second kappa shape index (κ2) is 7.57. The molecule has 1 rings (SSSR count). The molecule has 5 heteroatoms. The van der Waals surface area contributed by atoms with Gasteiger partial charge in [0.05, 0.1) is 26.0 Å². The van der Waals surface area contributed by atoms with Crippen molar-refractivity contribution in [3.8, 4) is 5.75 Å². The van der Waals surface area contributed by atoms with E-state index in [0.29, 0.717) is 19.8 Å². The van der Waals surface area contributed by atoms with E-state index >= 15 is 0 Å². The molecular formula is C13H21O4P. The number of para-hydroxylation sites is 1. The summed E-state index contributed by atoms with van der Waals surface area (Å²) < 4.78 is 28.5. The Morgan fingerprint density at radius 1 is 1.00 bits per heavy atom. The van der Waals surface area contributed by atoms with Gasteiger partial charge in [-0.05, 0) is 26.8 Å². The molecule has 0 saturated carbocycles. The van der Waals surface area contributed by atoms with Gasteiger partial charge in [-0.3, -0.25) is 4.57 Å². The molecule has 0 aromatic heterocycles. The molecule has 0 amide bonds. The summed E-state index contributed by atoms with van der Waals surface area (Å²) in [7, 11) is -3.07. The van der Waals surface area contributed by atoms with E-state index in [4.69, 9.17) is 13.8 Å². The molecule has 0 heterocycles. The van der Waals surface area contributed by atoms with Crippen molar-refractivity contribution in [3.63, 3.8) is 0 Å². The number of hydrogen-bond acceptors (Lipinski definition) is 4. The summed E-state index contributed by atoms with van der Waals surface area (Å²) in [6.45, 7) is 6.84. The van der Waals surface area contributed by atoms with Crippen molar-refractivity contribution >= 4 is 7.60 Å². The minimum Gasteiger partial charge on any atom is -0.494 e. The van der Waals surface area contributed by atoms with Gasteiger partial charge in [-0.25, -0.2) is 0 Å². The third-order valence-electron chi connectivity index (χ3n) is 2.29.